The molecule has 0 atom stereocenters. The van der Waals surface area contributed by atoms with Crippen molar-refractivity contribution in [3.63, 3.8) is 0 Å². The summed E-state index contributed by atoms with van der Waals surface area (Å²) < 4.78 is 9.40. The molecule has 4 aromatic rings. The maximum absolute atomic E-state index is 12.8. The molecule has 4 heterocycles. The smallest absolute Gasteiger partial charge is 0.408 e. The van der Waals surface area contributed by atoms with Gasteiger partial charge in [0.05, 0.1) is 11.1 Å². The van der Waals surface area contributed by atoms with E-state index in [1.807, 2.05) is 22.7 Å². The van der Waals surface area contributed by atoms with E-state index < -0.39 is 5.76 Å². The molecule has 0 aliphatic carbocycles. The SMILES string of the molecule is O=C(Nc1ccc2oc(=O)n(CC(=O)N3CCCCC3)c2c1)c1cc2ccc(Br)cn2c1. The maximum atomic E-state index is 12.8. The van der Waals surface area contributed by atoms with Crippen molar-refractivity contribution in [2.24, 2.45) is 0 Å². The number of amides is 2. The summed E-state index contributed by atoms with van der Waals surface area (Å²) in [5.41, 5.74) is 2.77. The van der Waals surface area contributed by atoms with Gasteiger partial charge in [-0.3, -0.25) is 14.2 Å². The molecule has 0 radical (unpaired) electrons. The normalized spacial score (nSPS) is 14.2. The van der Waals surface area contributed by atoms with Crippen molar-refractivity contribution >= 4 is 50.0 Å². The van der Waals surface area contributed by atoms with Crippen LogP contribution in [0.5, 0.6) is 0 Å². The molecule has 5 rings (SSSR count). The second-order valence-corrected chi connectivity index (χ2v) is 8.86. The molecule has 164 valence electrons. The number of carbonyl (C=O) groups excluding carboxylic acids is 2. The Morgan fingerprint density at radius 1 is 1.03 bits per heavy atom. The molecule has 8 nitrogen and oxygen atoms in total. The Labute approximate surface area is 191 Å². The van der Waals surface area contributed by atoms with Crippen molar-refractivity contribution in [2.45, 2.75) is 25.8 Å². The number of piperidine rings is 1. The number of benzene rings is 1. The second kappa shape index (κ2) is 8.31. The number of nitrogens with one attached hydrogen (secondary N) is 1. The molecule has 9 heteroatoms. The molecule has 1 aromatic carbocycles. The predicted molar refractivity (Wildman–Crippen MR) is 124 cm³/mol. The van der Waals surface area contributed by atoms with Gasteiger partial charge in [-0.2, -0.15) is 0 Å². The lowest BCUT2D eigenvalue weighted by Crippen LogP contribution is -2.39. The van der Waals surface area contributed by atoms with Crippen LogP contribution in [0.1, 0.15) is 29.6 Å². The third-order valence-electron chi connectivity index (χ3n) is 5.75. The Morgan fingerprint density at radius 3 is 2.66 bits per heavy atom. The topological polar surface area (TPSA) is 89.0 Å². The largest absolute Gasteiger partial charge is 0.420 e. The highest BCUT2D eigenvalue weighted by Gasteiger charge is 2.20. The number of nitrogens with zero attached hydrogens (tertiary/aromatic N) is 3. The fourth-order valence-corrected chi connectivity index (χ4v) is 4.43. The molecule has 0 spiro atoms. The van der Waals surface area contributed by atoms with Crippen molar-refractivity contribution < 1.29 is 14.0 Å². The highest BCUT2D eigenvalue weighted by molar-refractivity contribution is 9.10. The molecule has 1 N–H and O–H groups in total. The predicted octanol–water partition coefficient (Wildman–Crippen LogP) is 3.87. The number of carbonyl (C=O) groups is 2. The van der Waals surface area contributed by atoms with E-state index in [4.69, 9.17) is 4.42 Å². The monoisotopic (exact) mass is 496 g/mol. The van der Waals surface area contributed by atoms with E-state index in [9.17, 15) is 14.4 Å². The summed E-state index contributed by atoms with van der Waals surface area (Å²) in [5.74, 6) is -0.959. The van der Waals surface area contributed by atoms with Gasteiger partial charge in [-0.1, -0.05) is 0 Å². The van der Waals surface area contributed by atoms with Gasteiger partial charge in [-0.05, 0) is 71.6 Å². The van der Waals surface area contributed by atoms with E-state index in [0.717, 1.165) is 29.3 Å². The quantitative estimate of drug-likeness (QED) is 0.464. The van der Waals surface area contributed by atoms with Gasteiger partial charge in [0.1, 0.15) is 6.54 Å². The van der Waals surface area contributed by atoms with E-state index in [0.29, 0.717) is 35.4 Å². The maximum Gasteiger partial charge on any atom is 0.420 e. The number of pyridine rings is 1. The van der Waals surface area contributed by atoms with Gasteiger partial charge < -0.3 is 19.0 Å². The lowest BCUT2D eigenvalue weighted by Gasteiger charge is -2.26. The summed E-state index contributed by atoms with van der Waals surface area (Å²) in [5, 5.41) is 2.86. The standard InChI is InChI=1S/C23H21BrN4O4/c24-16-4-6-18-10-15(12-27(18)13-16)22(30)25-17-5-7-20-19(11-17)28(23(31)32-20)14-21(29)26-8-2-1-3-9-26/h4-7,10-13H,1-3,8-9,14H2,(H,25,30). The van der Waals surface area contributed by atoms with Crippen LogP contribution in [0, 0.1) is 0 Å². The summed E-state index contributed by atoms with van der Waals surface area (Å²) in [6, 6.07) is 10.6. The number of rotatable bonds is 4. The minimum absolute atomic E-state index is 0.0804. The van der Waals surface area contributed by atoms with Crippen LogP contribution in [-0.4, -0.2) is 38.8 Å². The summed E-state index contributed by atoms with van der Waals surface area (Å²) in [6.07, 6.45) is 6.71. The van der Waals surface area contributed by atoms with Crippen molar-refractivity contribution in [3.05, 3.63) is 69.4 Å². The lowest BCUT2D eigenvalue weighted by atomic mass is 10.1. The van der Waals surface area contributed by atoms with Crippen molar-refractivity contribution in [1.82, 2.24) is 13.9 Å². The fraction of sp³-hybridized carbons (Fsp3) is 0.261. The Bertz CT molecular complexity index is 1390. The number of fused-ring (bicyclic) bond motifs is 2. The average Bonchev–Trinajstić information content (AvgIpc) is 3.35. The van der Waals surface area contributed by atoms with Crippen molar-refractivity contribution in [1.29, 1.82) is 0 Å². The van der Waals surface area contributed by atoms with Crippen molar-refractivity contribution in [3.8, 4) is 0 Å². The molecule has 1 aliphatic heterocycles. The molecule has 1 saturated heterocycles. The van der Waals surface area contributed by atoms with Gasteiger partial charge in [0.2, 0.25) is 5.91 Å². The van der Waals surface area contributed by atoms with E-state index in [-0.39, 0.29) is 18.4 Å². The fourth-order valence-electron chi connectivity index (χ4n) is 4.08. The average molecular weight is 497 g/mol. The molecular weight excluding hydrogens is 476 g/mol. The number of hydrogen-bond acceptors (Lipinski definition) is 4. The zero-order chi connectivity index (χ0) is 22.2. The number of anilines is 1. The number of aromatic nitrogens is 2. The van der Waals surface area contributed by atoms with Gasteiger partial charge in [-0.25, -0.2) is 4.79 Å². The molecular formula is C23H21BrN4O4. The summed E-state index contributed by atoms with van der Waals surface area (Å²) in [6.45, 7) is 1.35. The van der Waals surface area contributed by atoms with E-state index in [1.54, 1.807) is 35.4 Å². The lowest BCUT2D eigenvalue weighted by molar-refractivity contribution is -0.132. The molecule has 0 bridgehead atoms. The Morgan fingerprint density at radius 2 is 1.84 bits per heavy atom. The highest BCUT2D eigenvalue weighted by Crippen LogP contribution is 2.21. The van der Waals surface area contributed by atoms with Crippen LogP contribution in [0.15, 0.2) is 62.5 Å². The van der Waals surface area contributed by atoms with Crippen LogP contribution in [0.2, 0.25) is 0 Å². The number of oxazole rings is 1. The molecule has 2 amide bonds. The van der Waals surface area contributed by atoms with Crippen LogP contribution in [0.4, 0.5) is 5.69 Å². The van der Waals surface area contributed by atoms with Gasteiger partial charge in [0, 0.05) is 41.2 Å². The first-order valence-electron chi connectivity index (χ1n) is 10.5. The van der Waals surface area contributed by atoms with Crippen LogP contribution in [0.25, 0.3) is 16.6 Å². The highest BCUT2D eigenvalue weighted by atomic mass is 79.9. The van der Waals surface area contributed by atoms with E-state index in [1.165, 1.54) is 4.57 Å². The molecule has 3 aromatic heterocycles. The zero-order valence-electron chi connectivity index (χ0n) is 17.2. The molecule has 1 fully saturated rings. The van der Waals surface area contributed by atoms with Crippen LogP contribution < -0.4 is 11.1 Å². The third-order valence-corrected chi connectivity index (χ3v) is 6.21. The number of halogens is 1. The molecule has 0 saturated carbocycles. The first-order chi connectivity index (χ1) is 15.5. The Balaban J connectivity index is 1.39. The minimum atomic E-state index is -0.585. The molecule has 1 aliphatic rings. The number of likely N-dealkylation sites (tertiary alicyclic amines) is 1. The molecule has 32 heavy (non-hydrogen) atoms. The number of hydrogen-bond donors (Lipinski definition) is 1. The summed E-state index contributed by atoms with van der Waals surface area (Å²) in [7, 11) is 0. The van der Waals surface area contributed by atoms with Crippen molar-refractivity contribution in [2.75, 3.05) is 18.4 Å². The van der Waals surface area contributed by atoms with Crippen LogP contribution in [-0.2, 0) is 11.3 Å². The van der Waals surface area contributed by atoms with E-state index in [2.05, 4.69) is 21.2 Å². The van der Waals surface area contributed by atoms with Gasteiger partial charge in [-0.15, -0.1) is 0 Å². The Hall–Kier alpha value is -3.33. The van der Waals surface area contributed by atoms with Crippen LogP contribution in [0.3, 0.4) is 0 Å². The first-order valence-corrected chi connectivity index (χ1v) is 11.3. The first kappa shape index (κ1) is 20.6. The van der Waals surface area contributed by atoms with Gasteiger partial charge in [0.15, 0.2) is 5.58 Å². The third kappa shape index (κ3) is 3.95. The van der Waals surface area contributed by atoms with Gasteiger partial charge >= 0.3 is 5.76 Å². The zero-order valence-corrected chi connectivity index (χ0v) is 18.8. The van der Waals surface area contributed by atoms with Gasteiger partial charge in [0.25, 0.3) is 5.91 Å². The van der Waals surface area contributed by atoms with Crippen LogP contribution >= 0.6 is 15.9 Å². The van der Waals surface area contributed by atoms with E-state index >= 15 is 0 Å². The minimum Gasteiger partial charge on any atom is -0.408 e. The summed E-state index contributed by atoms with van der Waals surface area (Å²) in [4.78, 5) is 39.6. The Kier molecular flexibility index (Phi) is 5.34. The summed E-state index contributed by atoms with van der Waals surface area (Å²) >= 11 is 3.42. The molecule has 0 unspecified atom stereocenters. The second-order valence-electron chi connectivity index (χ2n) is 7.94.